The molecule has 3 atom stereocenters. The lowest BCUT2D eigenvalue weighted by atomic mass is 10.0. The standard InChI is InChI=1S/C23H19ClF3N5O4S.C22H16ClF3N6O3S.C13H11ClF3N3OS.C6H4N2O4.C2H6N2O.Cl3OP/c1-11(3-18(34)16-6-17(32-10-31-16)20(36)8-28-12(2)33)22-30-9-21(37-22)19(35)5-13-4-14(23(25,26)27)15(24)7-29-13;1-10(3-17(33)15-6-16(30-9-29-15)20-32-31-11(2)35-20)21-28-8-19(36-21)18(34)5-12-4-13(22(24,25)26)14(23)7-27-12;1-6(18)12-20-5-11(22-12)10(21)3-7-2-8(13(15,16)17)9(14)4-19-7;9-5(10)3-1-4(6(11)12)8-2-7-3;1-2(5)4-3;1-5(2,3)4/h4,6-7,9-11H,3,5,8H2,1-2H3,(H,28,33);4,6-10H,3,5H2,1-2H3;2,4-6H,3,18H2,1H3;1-2H,(H,9,10)(H,11,12);3H2,1H3,(H,4,5);/t11-;10-;6-;;;/m001.../s1. The van der Waals surface area contributed by atoms with Crippen molar-refractivity contribution in [2.75, 3.05) is 6.54 Å². The Kier molecular flexibility index (Phi) is 36.6. The fraction of sp³-hybridized carbons (Fsp3) is 0.273. The lowest BCUT2D eigenvalue weighted by Crippen LogP contribution is -2.27. The molecule has 10 rings (SSSR count). The predicted molar refractivity (Wildman–Crippen MR) is 405 cm³/mol. The summed E-state index contributed by atoms with van der Waals surface area (Å²) in [7, 11) is 0. The molecule has 0 saturated carbocycles. The molecule has 0 fully saturated rings. The Labute approximate surface area is 694 Å². The van der Waals surface area contributed by atoms with Crippen molar-refractivity contribution >= 4 is 166 Å². The number of ketones is 6. The summed E-state index contributed by atoms with van der Waals surface area (Å²) in [5.74, 6) is -1.30. The molecule has 51 heteroatoms. The van der Waals surface area contributed by atoms with Crippen LogP contribution in [0.1, 0.15) is 201 Å². The molecule has 0 aliphatic rings. The quantitative estimate of drug-likeness (QED) is 0.00817. The molecular formula is C66H56Cl6F9N18O14PS3. The van der Waals surface area contributed by atoms with Crippen molar-refractivity contribution in [1.82, 2.24) is 80.7 Å². The first-order chi connectivity index (χ1) is 54.4. The maximum atomic E-state index is 13.1. The molecule has 10 aromatic heterocycles. The van der Waals surface area contributed by atoms with E-state index in [0.717, 1.165) is 89.5 Å². The molecule has 2 amide bonds. The minimum Gasteiger partial charge on any atom is -0.477 e. The van der Waals surface area contributed by atoms with Gasteiger partial charge in [0.1, 0.15) is 46.8 Å². The Morgan fingerprint density at radius 2 is 0.803 bits per heavy atom. The number of carbonyl (C=O) groups is 10. The minimum atomic E-state index is -4.68. The Balaban J connectivity index is 0.000000282. The third kappa shape index (κ3) is 32.4. The second-order valence-corrected chi connectivity index (χ2v) is 34.4. The summed E-state index contributed by atoms with van der Waals surface area (Å²) in [5.41, 5.74) is 4.04. The van der Waals surface area contributed by atoms with Gasteiger partial charge in [-0.25, -0.2) is 60.3 Å². The van der Waals surface area contributed by atoms with Gasteiger partial charge < -0.3 is 25.7 Å². The normalized spacial score (nSPS) is 11.9. The number of hydrogen-bond acceptors (Lipinski definition) is 31. The van der Waals surface area contributed by atoms with Crippen molar-refractivity contribution < 1.29 is 107 Å². The molecule has 622 valence electrons. The number of aromatic carboxylic acids is 2. The van der Waals surface area contributed by atoms with E-state index in [0.29, 0.717) is 31.5 Å². The molecule has 0 aliphatic heterocycles. The Morgan fingerprint density at radius 1 is 0.479 bits per heavy atom. The van der Waals surface area contributed by atoms with Gasteiger partial charge in [-0.3, -0.25) is 63.3 Å². The number of nitrogens with one attached hydrogen (secondary N) is 2. The highest BCUT2D eigenvalue weighted by molar-refractivity contribution is 8.24. The lowest BCUT2D eigenvalue weighted by molar-refractivity contribution is -0.138. The summed E-state index contributed by atoms with van der Waals surface area (Å²) >= 11 is 33.7. The monoisotopic (exact) mass is 1830 g/mol. The van der Waals surface area contributed by atoms with Crippen molar-refractivity contribution in [2.24, 2.45) is 11.6 Å². The van der Waals surface area contributed by atoms with Gasteiger partial charge in [-0.15, -0.1) is 44.2 Å². The second-order valence-electron chi connectivity index (χ2n) is 23.3. The van der Waals surface area contributed by atoms with E-state index in [1.165, 1.54) is 50.9 Å². The number of rotatable bonds is 24. The Hall–Kier alpha value is -10.1. The molecule has 0 saturated heterocycles. The van der Waals surface area contributed by atoms with E-state index in [9.17, 15) is 92.0 Å². The van der Waals surface area contributed by atoms with Crippen molar-refractivity contribution in [3.8, 4) is 11.6 Å². The first kappa shape index (κ1) is 97.5. The number of amides is 2. The van der Waals surface area contributed by atoms with Crippen molar-refractivity contribution in [3.05, 3.63) is 205 Å². The van der Waals surface area contributed by atoms with Crippen LogP contribution in [0.15, 0.2) is 97.0 Å². The van der Waals surface area contributed by atoms with Crippen LogP contribution in [-0.2, 0) is 51.9 Å². The largest absolute Gasteiger partial charge is 0.477 e. The molecule has 32 nitrogen and oxygen atoms in total. The van der Waals surface area contributed by atoms with Gasteiger partial charge in [-0.05, 0) is 71.0 Å². The van der Waals surface area contributed by atoms with E-state index < -0.39 is 96.5 Å². The zero-order valence-electron chi connectivity index (χ0n) is 60.2. The highest BCUT2D eigenvalue weighted by Gasteiger charge is 2.37. The SMILES string of the molecule is CC(=O)NCC(=O)c1cc(C(=O)C[C@H](C)c2ncc(C(=O)Cc3cc(C(F)(F)F)c(Cl)cn3)s2)ncn1.CC(=O)NN.C[C@@H](N)c1ncc(C(=O)Cc2cc(C(F)(F)F)c(Cl)cn2)s1.Cc1nnc(-c2cc(C(=O)C[C@H](C)c3ncc(C(=O)Cc4cc(C(F)(F)F)c(Cl)cn4)s3)ncn2)o1.O=C(O)c1cc(C(=O)O)ncn1.O=P(Cl)(Cl)Cl. The average Bonchev–Trinajstić information content (AvgIpc) is 1.70. The van der Waals surface area contributed by atoms with E-state index in [2.05, 4.69) is 115 Å². The Bertz CT molecular complexity index is 5300. The van der Waals surface area contributed by atoms with Crippen LogP contribution in [0.4, 0.5) is 39.5 Å². The van der Waals surface area contributed by atoms with E-state index in [-0.39, 0.29) is 135 Å². The summed E-state index contributed by atoms with van der Waals surface area (Å²) in [6, 6.07) is 5.56. The number of carbonyl (C=O) groups excluding carboxylic acids is 8. The van der Waals surface area contributed by atoms with Crippen LogP contribution in [0, 0.1) is 6.92 Å². The third-order valence-corrected chi connectivity index (χ3v) is 18.7. The number of aromatic nitrogens is 14. The number of hydrogen-bond donors (Lipinski definition) is 6. The van der Waals surface area contributed by atoms with Crippen LogP contribution in [0.3, 0.4) is 0 Å². The van der Waals surface area contributed by atoms with Gasteiger partial charge >= 0.3 is 35.7 Å². The number of pyridine rings is 3. The highest BCUT2D eigenvalue weighted by Crippen LogP contribution is 2.61. The smallest absolute Gasteiger partial charge is 0.417 e. The van der Waals surface area contributed by atoms with Crippen LogP contribution in [0.25, 0.3) is 11.6 Å². The highest BCUT2D eigenvalue weighted by atomic mass is 36.0. The van der Waals surface area contributed by atoms with Crippen molar-refractivity contribution in [1.29, 1.82) is 0 Å². The van der Waals surface area contributed by atoms with Crippen LogP contribution in [-0.4, -0.2) is 145 Å². The lowest BCUT2D eigenvalue weighted by Gasteiger charge is -2.09. The van der Waals surface area contributed by atoms with Crippen LogP contribution in [0.2, 0.25) is 15.1 Å². The van der Waals surface area contributed by atoms with Crippen LogP contribution >= 0.6 is 108 Å². The van der Waals surface area contributed by atoms with Crippen LogP contribution < -0.4 is 22.3 Å². The van der Waals surface area contributed by atoms with E-state index in [1.54, 1.807) is 27.7 Å². The Morgan fingerprint density at radius 3 is 1.12 bits per heavy atom. The minimum absolute atomic E-state index is 0.00234. The van der Waals surface area contributed by atoms with Gasteiger partial charge in [-0.2, -0.15) is 39.5 Å². The zero-order chi connectivity index (χ0) is 87.8. The molecular weight excluding hydrogens is 1780 g/mol. The molecule has 0 aliphatic carbocycles. The number of Topliss-reactive ketones (excluding diaryl/α,β-unsaturated/α-hetero) is 6. The number of carboxylic acids is 2. The van der Waals surface area contributed by atoms with Gasteiger partial charge in [0.15, 0.2) is 46.1 Å². The summed E-state index contributed by atoms with van der Waals surface area (Å²) in [4.78, 5) is 163. The molecule has 0 bridgehead atoms. The third-order valence-electron chi connectivity index (χ3n) is 14.0. The molecule has 0 aromatic carbocycles. The van der Waals surface area contributed by atoms with E-state index in [4.69, 9.17) is 55.2 Å². The molecule has 117 heavy (non-hydrogen) atoms. The number of carboxylic acid groups (broad SMARTS) is 2. The van der Waals surface area contributed by atoms with E-state index >= 15 is 0 Å². The number of nitrogens with zero attached hydrogens (tertiary/aromatic N) is 14. The van der Waals surface area contributed by atoms with Gasteiger partial charge in [0.2, 0.25) is 17.7 Å². The first-order valence-electron chi connectivity index (χ1n) is 32.0. The van der Waals surface area contributed by atoms with E-state index in [1.807, 2.05) is 5.43 Å². The summed E-state index contributed by atoms with van der Waals surface area (Å²) in [5, 5.41) is 23.5. The molecule has 10 heterocycles. The number of halogens is 15. The number of nitrogens with two attached hydrogens (primary N) is 2. The zero-order valence-corrected chi connectivity index (χ0v) is 68.1. The molecule has 0 unspecified atom stereocenters. The molecule has 8 N–H and O–H groups in total. The molecule has 0 spiro atoms. The molecule has 0 radical (unpaired) electrons. The van der Waals surface area contributed by atoms with Crippen LogP contribution in [0.5, 0.6) is 0 Å². The topological polar surface area (TPSA) is 498 Å². The molecule has 10 aromatic rings. The van der Waals surface area contributed by atoms with Crippen molar-refractivity contribution in [2.45, 2.75) is 110 Å². The number of thiazole rings is 3. The maximum Gasteiger partial charge on any atom is 0.417 e. The van der Waals surface area contributed by atoms with Crippen molar-refractivity contribution in [3.63, 3.8) is 0 Å². The van der Waals surface area contributed by atoms with Gasteiger partial charge in [0, 0.05) is 106 Å². The van der Waals surface area contributed by atoms with Gasteiger partial charge in [0.25, 0.3) is 5.89 Å². The number of hydrazine groups is 1. The maximum absolute atomic E-state index is 13.1. The fourth-order valence-electron chi connectivity index (χ4n) is 8.57. The fourth-order valence-corrected chi connectivity index (χ4v) is 11.8. The number of alkyl halides is 9. The summed E-state index contributed by atoms with van der Waals surface area (Å²) < 4.78 is 132. The first-order valence-corrected chi connectivity index (χ1v) is 40.0. The second kappa shape index (κ2) is 43.9. The average molecular weight is 1840 g/mol. The number of aryl methyl sites for hydroxylation is 1. The summed E-state index contributed by atoms with van der Waals surface area (Å²) in [6.45, 7) is 9.18. The van der Waals surface area contributed by atoms with Gasteiger partial charge in [0.05, 0.1) is 88.3 Å². The van der Waals surface area contributed by atoms with Gasteiger partial charge in [-0.1, -0.05) is 48.7 Å². The summed E-state index contributed by atoms with van der Waals surface area (Å²) in [6.07, 6.45) is -5.10. The predicted octanol–water partition coefficient (Wildman–Crippen LogP) is 14.6.